The number of hydrogen-bond donors (Lipinski definition) is 2. The topological polar surface area (TPSA) is 67.8 Å². The number of hydrogen-bond acceptors (Lipinski definition) is 4. The molecule has 2 N–H and O–H groups in total. The van der Waals surface area contributed by atoms with Crippen LogP contribution in [-0.2, 0) is 4.74 Å². The molecule has 0 saturated carbocycles. The Morgan fingerprint density at radius 2 is 2.12 bits per heavy atom. The molecule has 0 heterocycles. The van der Waals surface area contributed by atoms with Crippen molar-refractivity contribution >= 4 is 5.91 Å². The highest BCUT2D eigenvalue weighted by molar-refractivity contribution is 5.96. The summed E-state index contributed by atoms with van der Waals surface area (Å²) in [6.07, 6.45) is -0.710. The lowest BCUT2D eigenvalue weighted by Crippen LogP contribution is -2.34. The van der Waals surface area contributed by atoms with Gasteiger partial charge in [0.2, 0.25) is 0 Å². The molecule has 1 rings (SSSR count). The highest BCUT2D eigenvalue weighted by Gasteiger charge is 2.12. The minimum atomic E-state index is -0.710. The molecule has 94 valence electrons. The second kappa shape index (κ2) is 6.88. The van der Waals surface area contributed by atoms with Crippen LogP contribution in [0.4, 0.5) is 0 Å². The molecular weight excluding hydrogens is 222 g/mol. The predicted molar refractivity (Wildman–Crippen MR) is 63.2 cm³/mol. The molecule has 1 atom stereocenters. The first kappa shape index (κ1) is 13.5. The van der Waals surface area contributed by atoms with Gasteiger partial charge >= 0.3 is 0 Å². The maximum atomic E-state index is 11.8. The number of aliphatic hydroxyl groups is 1. The molecule has 5 heteroatoms. The molecule has 1 unspecified atom stereocenters. The fourth-order valence-corrected chi connectivity index (χ4v) is 1.39. The summed E-state index contributed by atoms with van der Waals surface area (Å²) in [6.45, 7) is 0.330. The van der Waals surface area contributed by atoms with E-state index in [1.54, 1.807) is 24.3 Å². The van der Waals surface area contributed by atoms with Gasteiger partial charge in [-0.2, -0.15) is 0 Å². The lowest BCUT2D eigenvalue weighted by atomic mass is 10.2. The number of benzene rings is 1. The first-order valence-electron chi connectivity index (χ1n) is 5.27. The highest BCUT2D eigenvalue weighted by Crippen LogP contribution is 2.16. The Kier molecular flexibility index (Phi) is 5.45. The van der Waals surface area contributed by atoms with Crippen LogP contribution in [0.1, 0.15) is 10.4 Å². The standard InChI is InChI=1S/C12H17NO4/c1-16-8-9(14)7-13-12(15)10-5-3-4-6-11(10)17-2/h3-6,9,14H,7-8H2,1-2H3,(H,13,15). The van der Waals surface area contributed by atoms with Gasteiger partial charge in [0.1, 0.15) is 5.75 Å². The number of rotatable bonds is 6. The Morgan fingerprint density at radius 1 is 1.41 bits per heavy atom. The summed E-state index contributed by atoms with van der Waals surface area (Å²) in [5.41, 5.74) is 0.444. The third kappa shape index (κ3) is 4.05. The molecule has 5 nitrogen and oxygen atoms in total. The van der Waals surface area contributed by atoms with Gasteiger partial charge in [-0.05, 0) is 12.1 Å². The lowest BCUT2D eigenvalue weighted by Gasteiger charge is -2.12. The fourth-order valence-electron chi connectivity index (χ4n) is 1.39. The molecule has 1 amide bonds. The second-order valence-corrected chi connectivity index (χ2v) is 3.52. The molecule has 0 aliphatic carbocycles. The van der Waals surface area contributed by atoms with Crippen LogP contribution in [0.3, 0.4) is 0 Å². The van der Waals surface area contributed by atoms with E-state index in [0.717, 1.165) is 0 Å². The van der Waals surface area contributed by atoms with Crippen LogP contribution in [0.2, 0.25) is 0 Å². The van der Waals surface area contributed by atoms with E-state index in [2.05, 4.69) is 5.32 Å². The van der Waals surface area contributed by atoms with E-state index in [1.165, 1.54) is 14.2 Å². The van der Waals surface area contributed by atoms with Gasteiger partial charge in [0.15, 0.2) is 0 Å². The zero-order valence-electron chi connectivity index (χ0n) is 9.97. The van der Waals surface area contributed by atoms with Crippen LogP contribution < -0.4 is 10.1 Å². The summed E-state index contributed by atoms with van der Waals surface area (Å²) < 4.78 is 9.83. The van der Waals surface area contributed by atoms with Gasteiger partial charge in [0.05, 0.1) is 25.4 Å². The van der Waals surface area contributed by atoms with Crippen molar-refractivity contribution in [3.8, 4) is 5.75 Å². The lowest BCUT2D eigenvalue weighted by molar-refractivity contribution is 0.0609. The van der Waals surface area contributed by atoms with Crippen LogP contribution in [0, 0.1) is 0 Å². The Labute approximate surface area is 100 Å². The zero-order chi connectivity index (χ0) is 12.7. The molecule has 0 fully saturated rings. The average Bonchev–Trinajstić information content (AvgIpc) is 2.36. The highest BCUT2D eigenvalue weighted by atomic mass is 16.5. The van der Waals surface area contributed by atoms with Gasteiger partial charge in [0, 0.05) is 13.7 Å². The fraction of sp³-hybridized carbons (Fsp3) is 0.417. The molecule has 0 aromatic heterocycles. The van der Waals surface area contributed by atoms with E-state index < -0.39 is 6.10 Å². The summed E-state index contributed by atoms with van der Waals surface area (Å²) >= 11 is 0. The van der Waals surface area contributed by atoms with E-state index in [4.69, 9.17) is 9.47 Å². The van der Waals surface area contributed by atoms with Gasteiger partial charge in [-0.25, -0.2) is 0 Å². The summed E-state index contributed by atoms with van der Waals surface area (Å²) in [6, 6.07) is 6.91. The summed E-state index contributed by atoms with van der Waals surface area (Å²) in [5.74, 6) is 0.226. The first-order chi connectivity index (χ1) is 8.19. The minimum absolute atomic E-state index is 0.144. The molecule has 0 spiro atoms. The molecule has 0 aliphatic heterocycles. The van der Waals surface area contributed by atoms with Crippen LogP contribution >= 0.6 is 0 Å². The Balaban J connectivity index is 2.58. The molecule has 1 aromatic rings. The van der Waals surface area contributed by atoms with E-state index >= 15 is 0 Å². The van der Waals surface area contributed by atoms with Gasteiger partial charge in [-0.3, -0.25) is 4.79 Å². The molecule has 0 bridgehead atoms. The molecule has 1 aromatic carbocycles. The van der Waals surface area contributed by atoms with Crippen molar-refractivity contribution in [1.82, 2.24) is 5.32 Å². The molecule has 0 saturated heterocycles. The van der Waals surface area contributed by atoms with E-state index in [1.807, 2.05) is 0 Å². The first-order valence-corrected chi connectivity index (χ1v) is 5.27. The third-order valence-electron chi connectivity index (χ3n) is 2.21. The Hall–Kier alpha value is -1.59. The predicted octanol–water partition coefficient (Wildman–Crippen LogP) is 0.432. The number of carbonyl (C=O) groups excluding carboxylic acids is 1. The molecule has 0 aliphatic rings. The molecule has 0 radical (unpaired) electrons. The van der Waals surface area contributed by atoms with Gasteiger partial charge < -0.3 is 19.9 Å². The quantitative estimate of drug-likeness (QED) is 0.755. The minimum Gasteiger partial charge on any atom is -0.496 e. The maximum absolute atomic E-state index is 11.8. The number of aliphatic hydroxyl groups excluding tert-OH is 1. The van der Waals surface area contributed by atoms with E-state index in [-0.39, 0.29) is 19.1 Å². The maximum Gasteiger partial charge on any atom is 0.255 e. The SMILES string of the molecule is COCC(O)CNC(=O)c1ccccc1OC. The van der Waals surface area contributed by atoms with Crippen molar-refractivity contribution in [1.29, 1.82) is 0 Å². The van der Waals surface area contributed by atoms with E-state index in [0.29, 0.717) is 11.3 Å². The van der Waals surface area contributed by atoms with Crippen molar-refractivity contribution in [3.63, 3.8) is 0 Å². The van der Waals surface area contributed by atoms with Crippen LogP contribution in [-0.4, -0.2) is 44.5 Å². The second-order valence-electron chi connectivity index (χ2n) is 3.52. The summed E-state index contributed by atoms with van der Waals surface area (Å²) in [7, 11) is 3.00. The Morgan fingerprint density at radius 3 is 2.76 bits per heavy atom. The van der Waals surface area contributed by atoms with Crippen LogP contribution in [0.25, 0.3) is 0 Å². The van der Waals surface area contributed by atoms with Crippen LogP contribution in [0.5, 0.6) is 5.75 Å². The van der Waals surface area contributed by atoms with Crippen LogP contribution in [0.15, 0.2) is 24.3 Å². The van der Waals surface area contributed by atoms with E-state index in [9.17, 15) is 9.90 Å². The molecular formula is C12H17NO4. The summed E-state index contributed by atoms with van der Waals surface area (Å²) in [5, 5.41) is 12.0. The summed E-state index contributed by atoms with van der Waals surface area (Å²) in [4.78, 5) is 11.8. The third-order valence-corrected chi connectivity index (χ3v) is 2.21. The van der Waals surface area contributed by atoms with Crippen molar-refractivity contribution < 1.29 is 19.4 Å². The van der Waals surface area contributed by atoms with Crippen molar-refractivity contribution in [3.05, 3.63) is 29.8 Å². The van der Waals surface area contributed by atoms with Gasteiger partial charge in [-0.15, -0.1) is 0 Å². The number of carbonyl (C=O) groups is 1. The zero-order valence-corrected chi connectivity index (χ0v) is 9.97. The average molecular weight is 239 g/mol. The number of amides is 1. The van der Waals surface area contributed by atoms with Crippen molar-refractivity contribution in [2.75, 3.05) is 27.4 Å². The van der Waals surface area contributed by atoms with Crippen molar-refractivity contribution in [2.24, 2.45) is 0 Å². The molecule has 17 heavy (non-hydrogen) atoms. The number of para-hydroxylation sites is 1. The number of nitrogens with one attached hydrogen (secondary N) is 1. The Bertz CT molecular complexity index is 367. The normalized spacial score (nSPS) is 11.9. The smallest absolute Gasteiger partial charge is 0.255 e. The van der Waals surface area contributed by atoms with Gasteiger partial charge in [0.25, 0.3) is 5.91 Å². The monoisotopic (exact) mass is 239 g/mol. The van der Waals surface area contributed by atoms with Crippen molar-refractivity contribution in [2.45, 2.75) is 6.10 Å². The number of methoxy groups -OCH3 is 2. The largest absolute Gasteiger partial charge is 0.496 e. The van der Waals surface area contributed by atoms with Gasteiger partial charge in [-0.1, -0.05) is 12.1 Å². The number of ether oxygens (including phenoxy) is 2.